The van der Waals surface area contributed by atoms with Crippen molar-refractivity contribution in [2.45, 2.75) is 50.0 Å². The zero-order chi connectivity index (χ0) is 30.3. The topological polar surface area (TPSA) is 169 Å². The molecule has 1 saturated heterocycles. The number of aliphatic hydroxyl groups excluding tert-OH is 1. The summed E-state index contributed by atoms with van der Waals surface area (Å²) in [5.74, 6) is -0.887. The van der Waals surface area contributed by atoms with Gasteiger partial charge in [-0.1, -0.05) is 55.1 Å². The third-order valence-electron chi connectivity index (χ3n) is 7.04. The van der Waals surface area contributed by atoms with Gasteiger partial charge in [0.05, 0.1) is 30.9 Å². The summed E-state index contributed by atoms with van der Waals surface area (Å²) in [6, 6.07) is 21.2. The monoisotopic (exact) mass is 605 g/mol. The van der Waals surface area contributed by atoms with Crippen molar-refractivity contribution in [3.8, 4) is 11.4 Å². The lowest BCUT2D eigenvalue weighted by Gasteiger charge is -2.41. The molecule has 2 heterocycles. The number of anilines is 1. The largest absolute Gasteiger partial charge is 0.508 e. The summed E-state index contributed by atoms with van der Waals surface area (Å²) >= 11 is 1.43. The lowest BCUT2D eigenvalue weighted by atomic mass is 9.91. The Kier molecular flexibility index (Phi) is 9.67. The molecule has 0 saturated carbocycles. The van der Waals surface area contributed by atoms with Crippen LogP contribution >= 0.6 is 11.8 Å². The molecule has 4 atom stereocenters. The van der Waals surface area contributed by atoms with Crippen molar-refractivity contribution in [3.05, 3.63) is 89.5 Å². The van der Waals surface area contributed by atoms with Gasteiger partial charge in [-0.25, -0.2) is 0 Å². The number of aliphatic hydroxyl groups is 1. The van der Waals surface area contributed by atoms with Crippen LogP contribution in [-0.2, 0) is 25.7 Å². The second-order valence-electron chi connectivity index (χ2n) is 10.1. The maximum atomic E-state index is 12.2. The van der Waals surface area contributed by atoms with E-state index in [0.29, 0.717) is 27.8 Å². The predicted octanol–water partition coefficient (Wildman–Crippen LogP) is 4.25. The first-order valence-electron chi connectivity index (χ1n) is 13.6. The number of hydrogen-bond acceptors (Lipinski definition) is 10. The van der Waals surface area contributed by atoms with Gasteiger partial charge in [-0.3, -0.25) is 9.59 Å². The number of aliphatic carboxylic acids is 1. The number of carbonyl (C=O) groups excluding carboxylic acids is 1. The van der Waals surface area contributed by atoms with Crippen LogP contribution in [0.2, 0.25) is 0 Å². The van der Waals surface area contributed by atoms with Crippen LogP contribution in [0.4, 0.5) is 5.69 Å². The fourth-order valence-electron chi connectivity index (χ4n) is 4.70. The molecule has 5 rings (SSSR count). The molecule has 13 heteroatoms. The van der Waals surface area contributed by atoms with Gasteiger partial charge in [0.15, 0.2) is 6.29 Å². The van der Waals surface area contributed by atoms with Gasteiger partial charge in [-0.2, -0.15) is 4.68 Å². The van der Waals surface area contributed by atoms with Crippen molar-refractivity contribution < 1.29 is 34.4 Å². The number of aromatic nitrogens is 4. The first kappa shape index (κ1) is 30.2. The maximum Gasteiger partial charge on any atom is 0.303 e. The number of phenolic OH excluding ortho intramolecular Hbond substituents is 1. The Bertz CT molecular complexity index is 1550. The fourth-order valence-corrected chi connectivity index (χ4v) is 5.75. The molecule has 1 aromatic heterocycles. The van der Waals surface area contributed by atoms with Crippen LogP contribution in [0.25, 0.3) is 5.69 Å². The van der Waals surface area contributed by atoms with Crippen LogP contribution in [0.5, 0.6) is 5.75 Å². The Morgan fingerprint density at radius 2 is 1.77 bits per heavy atom. The van der Waals surface area contributed by atoms with E-state index in [2.05, 4.69) is 20.8 Å². The summed E-state index contributed by atoms with van der Waals surface area (Å²) < 4.78 is 14.6. The van der Waals surface area contributed by atoms with E-state index in [4.69, 9.17) is 14.6 Å². The first-order valence-corrected chi connectivity index (χ1v) is 14.6. The lowest BCUT2D eigenvalue weighted by Crippen LogP contribution is -2.38. The molecule has 4 aromatic rings. The molecule has 0 aliphatic carbocycles. The summed E-state index contributed by atoms with van der Waals surface area (Å²) in [4.78, 5) is 23.1. The van der Waals surface area contributed by atoms with Crippen LogP contribution in [-0.4, -0.2) is 59.3 Å². The van der Waals surface area contributed by atoms with Crippen molar-refractivity contribution in [3.63, 3.8) is 0 Å². The van der Waals surface area contributed by atoms with E-state index in [1.165, 1.54) is 11.8 Å². The van der Waals surface area contributed by atoms with Crippen molar-refractivity contribution in [1.29, 1.82) is 0 Å². The van der Waals surface area contributed by atoms with Gasteiger partial charge in [-0.05, 0) is 58.0 Å². The second kappa shape index (κ2) is 13.8. The van der Waals surface area contributed by atoms with Crippen molar-refractivity contribution >= 4 is 29.3 Å². The number of tetrazole rings is 1. The summed E-state index contributed by atoms with van der Waals surface area (Å²) in [5, 5.41) is 43.4. The minimum Gasteiger partial charge on any atom is -0.508 e. The highest BCUT2D eigenvalue weighted by atomic mass is 32.2. The van der Waals surface area contributed by atoms with E-state index in [1.54, 1.807) is 47.1 Å². The van der Waals surface area contributed by atoms with E-state index < -0.39 is 18.2 Å². The van der Waals surface area contributed by atoms with E-state index in [0.717, 1.165) is 11.1 Å². The molecule has 4 unspecified atom stereocenters. The SMILES string of the molecule is CC1C(CSc2nnnn2-c2ccc(O)cc2)OC(c2cccc(NC(=O)CCC(=O)O)c2)OC1c1ccc(CO)cc1. The number of benzene rings is 3. The molecular formula is C30H31N5O7S. The summed E-state index contributed by atoms with van der Waals surface area (Å²) in [6.45, 7) is 1.99. The minimum absolute atomic E-state index is 0.0624. The van der Waals surface area contributed by atoms with Gasteiger partial charge in [-0.15, -0.1) is 5.10 Å². The number of amides is 1. The van der Waals surface area contributed by atoms with Crippen molar-refractivity contribution in [1.82, 2.24) is 20.2 Å². The number of carboxylic acids is 1. The highest BCUT2D eigenvalue weighted by molar-refractivity contribution is 7.99. The number of rotatable bonds is 11. The number of thioether (sulfide) groups is 1. The lowest BCUT2D eigenvalue weighted by molar-refractivity contribution is -0.268. The number of carboxylic acid groups (broad SMARTS) is 1. The van der Waals surface area contributed by atoms with E-state index in [9.17, 15) is 19.8 Å². The predicted molar refractivity (Wildman–Crippen MR) is 156 cm³/mol. The van der Waals surface area contributed by atoms with E-state index in [-0.39, 0.29) is 43.3 Å². The van der Waals surface area contributed by atoms with E-state index in [1.807, 2.05) is 37.3 Å². The van der Waals surface area contributed by atoms with E-state index >= 15 is 0 Å². The molecular weight excluding hydrogens is 574 g/mol. The third-order valence-corrected chi connectivity index (χ3v) is 8.05. The van der Waals surface area contributed by atoms with Crippen molar-refractivity contribution in [2.24, 2.45) is 5.92 Å². The minimum atomic E-state index is -1.04. The number of carbonyl (C=O) groups is 2. The van der Waals surface area contributed by atoms with Gasteiger partial charge in [0.2, 0.25) is 11.1 Å². The highest BCUT2D eigenvalue weighted by Gasteiger charge is 2.38. The summed E-state index contributed by atoms with van der Waals surface area (Å²) in [5.41, 5.74) is 3.61. The Hall–Kier alpha value is -4.30. The molecule has 1 fully saturated rings. The highest BCUT2D eigenvalue weighted by Crippen LogP contribution is 2.43. The van der Waals surface area contributed by atoms with Crippen LogP contribution in [0.3, 0.4) is 0 Å². The summed E-state index contributed by atoms with van der Waals surface area (Å²) in [6.07, 6.45) is -1.82. The van der Waals surface area contributed by atoms with Crippen LogP contribution in [0, 0.1) is 5.92 Å². The smallest absolute Gasteiger partial charge is 0.303 e. The standard InChI is InChI=1S/C30H31N5O7S/c1-18-25(17-43-30-32-33-34-35(30)23-9-11-24(37)12-10-23)41-29(42-28(18)20-7-5-19(16-36)6-8-20)21-3-2-4-22(15-21)31-26(38)13-14-27(39)40/h2-12,15,18,25,28-29,36-37H,13-14,16-17H2,1H3,(H,31,38)(H,39,40). The summed E-state index contributed by atoms with van der Waals surface area (Å²) in [7, 11) is 0. The normalized spacial score (nSPS) is 20.0. The Labute approximate surface area is 251 Å². The Morgan fingerprint density at radius 3 is 2.49 bits per heavy atom. The molecule has 4 N–H and O–H groups in total. The zero-order valence-corrected chi connectivity index (χ0v) is 24.1. The van der Waals surface area contributed by atoms with Gasteiger partial charge in [0, 0.05) is 29.3 Å². The van der Waals surface area contributed by atoms with Gasteiger partial charge in [0.1, 0.15) is 5.75 Å². The van der Waals surface area contributed by atoms with Gasteiger partial charge >= 0.3 is 5.97 Å². The Morgan fingerprint density at radius 1 is 1.00 bits per heavy atom. The molecule has 224 valence electrons. The number of nitrogens with zero attached hydrogens (tertiary/aromatic N) is 4. The number of nitrogens with one attached hydrogen (secondary N) is 1. The molecule has 12 nitrogen and oxygen atoms in total. The molecule has 1 aliphatic heterocycles. The molecule has 0 spiro atoms. The van der Waals surface area contributed by atoms with Crippen molar-refractivity contribution in [2.75, 3.05) is 11.1 Å². The third kappa shape index (κ3) is 7.56. The fraction of sp³-hybridized carbons (Fsp3) is 0.300. The van der Waals surface area contributed by atoms with Gasteiger partial charge in [0.25, 0.3) is 0 Å². The molecule has 3 aromatic carbocycles. The average Bonchev–Trinajstić information content (AvgIpc) is 3.49. The number of ether oxygens (including phenoxy) is 2. The molecule has 0 bridgehead atoms. The first-order chi connectivity index (χ1) is 20.8. The maximum absolute atomic E-state index is 12.2. The average molecular weight is 606 g/mol. The zero-order valence-electron chi connectivity index (χ0n) is 23.2. The second-order valence-corrected chi connectivity index (χ2v) is 11.1. The van der Waals surface area contributed by atoms with Crippen LogP contribution < -0.4 is 5.32 Å². The van der Waals surface area contributed by atoms with Crippen LogP contribution in [0.1, 0.15) is 48.8 Å². The quantitative estimate of drug-likeness (QED) is 0.180. The number of phenols is 1. The molecule has 1 amide bonds. The molecule has 43 heavy (non-hydrogen) atoms. The molecule has 0 radical (unpaired) electrons. The van der Waals surface area contributed by atoms with Gasteiger partial charge < -0.3 is 30.1 Å². The van der Waals surface area contributed by atoms with Crippen LogP contribution in [0.15, 0.2) is 78.0 Å². The molecule has 1 aliphatic rings. The number of aromatic hydroxyl groups is 1. The number of hydrogen-bond donors (Lipinski definition) is 4. The Balaban J connectivity index is 1.37.